The zero-order valence-electron chi connectivity index (χ0n) is 14.7. The summed E-state index contributed by atoms with van der Waals surface area (Å²) < 4.78 is 49.1. The number of hydrogen-bond donors (Lipinski definition) is 0. The maximum absolute atomic E-state index is 14.0. The van der Waals surface area contributed by atoms with Crippen molar-refractivity contribution in [3.05, 3.63) is 53.8 Å². The van der Waals surface area contributed by atoms with Crippen LogP contribution < -0.4 is 14.4 Å². The summed E-state index contributed by atoms with van der Waals surface area (Å²) in [7, 11) is -3.13. The number of thioether (sulfide) groups is 1. The van der Waals surface area contributed by atoms with E-state index in [4.69, 9.17) is 9.47 Å². The average molecular weight is 420 g/mol. The number of sulfone groups is 1. The van der Waals surface area contributed by atoms with E-state index in [1.54, 1.807) is 18.2 Å². The number of amidine groups is 1. The van der Waals surface area contributed by atoms with Gasteiger partial charge in [0, 0.05) is 17.5 Å². The van der Waals surface area contributed by atoms with Crippen LogP contribution in [0.15, 0.2) is 47.5 Å². The van der Waals surface area contributed by atoms with Gasteiger partial charge in [0.15, 0.2) is 26.5 Å². The normalized spacial score (nSPS) is 24.3. The Balaban J connectivity index is 1.46. The Kier molecular flexibility index (Phi) is 4.24. The minimum Gasteiger partial charge on any atom is -0.454 e. The number of nitrogens with zero attached hydrogens (tertiary/aromatic N) is 2. The summed E-state index contributed by atoms with van der Waals surface area (Å²) in [6.45, 7) is 0.169. The minimum atomic E-state index is -3.13. The standard InChI is InChI=1S/C19H17FN2O4S2/c20-14-4-2-1-3-12(14)8-27-19-21-15-9-28(23,24)10-16(15)22(19)13-5-6-17-18(7-13)26-11-25-17/h1-7,15-16H,8-11H2/t15-,16-/m0/s1. The van der Waals surface area contributed by atoms with Gasteiger partial charge in [-0.2, -0.15) is 0 Å². The van der Waals surface area contributed by atoms with E-state index in [9.17, 15) is 12.8 Å². The van der Waals surface area contributed by atoms with Crippen LogP contribution >= 0.6 is 11.8 Å². The highest BCUT2D eigenvalue weighted by molar-refractivity contribution is 8.13. The Morgan fingerprint density at radius 3 is 2.82 bits per heavy atom. The van der Waals surface area contributed by atoms with Crippen LogP contribution in [0.5, 0.6) is 11.5 Å². The number of rotatable bonds is 3. The third kappa shape index (κ3) is 3.12. The Labute approximate surface area is 166 Å². The highest BCUT2D eigenvalue weighted by Gasteiger charge is 2.47. The molecule has 146 valence electrons. The molecule has 1 fully saturated rings. The number of anilines is 1. The van der Waals surface area contributed by atoms with Gasteiger partial charge < -0.3 is 14.4 Å². The predicted octanol–water partition coefficient (Wildman–Crippen LogP) is 2.83. The molecule has 3 heterocycles. The molecule has 0 N–H and O–H groups in total. The summed E-state index contributed by atoms with van der Waals surface area (Å²) in [5.41, 5.74) is 1.39. The van der Waals surface area contributed by atoms with Crippen molar-refractivity contribution in [3.63, 3.8) is 0 Å². The van der Waals surface area contributed by atoms with Crippen molar-refractivity contribution in [2.24, 2.45) is 4.99 Å². The molecule has 0 aliphatic carbocycles. The maximum Gasteiger partial charge on any atom is 0.231 e. The van der Waals surface area contributed by atoms with Crippen LogP contribution in [0.25, 0.3) is 0 Å². The molecule has 3 aliphatic rings. The predicted molar refractivity (Wildman–Crippen MR) is 106 cm³/mol. The van der Waals surface area contributed by atoms with Gasteiger partial charge in [0.1, 0.15) is 5.82 Å². The first-order valence-corrected chi connectivity index (χ1v) is 11.6. The summed E-state index contributed by atoms with van der Waals surface area (Å²) in [5.74, 6) is 1.54. The van der Waals surface area contributed by atoms with Gasteiger partial charge >= 0.3 is 0 Å². The zero-order chi connectivity index (χ0) is 19.3. The number of aliphatic imine (C=N–C) groups is 1. The first kappa shape index (κ1) is 17.8. The number of hydrogen-bond acceptors (Lipinski definition) is 7. The molecule has 1 saturated heterocycles. The number of benzene rings is 2. The highest BCUT2D eigenvalue weighted by Crippen LogP contribution is 2.41. The van der Waals surface area contributed by atoms with Crippen LogP contribution in [0.3, 0.4) is 0 Å². The number of ether oxygens (including phenoxy) is 2. The lowest BCUT2D eigenvalue weighted by Crippen LogP contribution is -2.39. The van der Waals surface area contributed by atoms with Gasteiger partial charge in [-0.05, 0) is 23.8 Å². The van der Waals surface area contributed by atoms with Gasteiger partial charge in [0.25, 0.3) is 0 Å². The van der Waals surface area contributed by atoms with Crippen molar-refractivity contribution >= 4 is 32.5 Å². The SMILES string of the molecule is O=S1(=O)C[C@@H]2N=C(SCc3ccccc3F)N(c3ccc4c(c3)OCO4)[C@H]2C1. The second-order valence-electron chi connectivity index (χ2n) is 6.91. The van der Waals surface area contributed by atoms with Crippen molar-refractivity contribution in [1.82, 2.24) is 0 Å². The third-order valence-electron chi connectivity index (χ3n) is 5.06. The molecule has 0 amide bonds. The molecule has 6 nitrogen and oxygen atoms in total. The molecule has 0 saturated carbocycles. The van der Waals surface area contributed by atoms with Gasteiger partial charge in [-0.15, -0.1) is 0 Å². The molecule has 0 bridgehead atoms. The molecule has 2 aromatic rings. The fraction of sp³-hybridized carbons (Fsp3) is 0.316. The molecular formula is C19H17FN2O4S2. The summed E-state index contributed by atoms with van der Waals surface area (Å²) >= 11 is 1.41. The minimum absolute atomic E-state index is 0.0441. The second kappa shape index (κ2) is 6.66. The largest absolute Gasteiger partial charge is 0.454 e. The highest BCUT2D eigenvalue weighted by atomic mass is 32.2. The number of fused-ring (bicyclic) bond motifs is 2. The van der Waals surface area contributed by atoms with Gasteiger partial charge in [-0.3, -0.25) is 4.99 Å². The first-order valence-electron chi connectivity index (χ1n) is 8.83. The molecule has 3 aliphatic heterocycles. The van der Waals surface area contributed by atoms with Crippen molar-refractivity contribution in [1.29, 1.82) is 0 Å². The third-order valence-corrected chi connectivity index (χ3v) is 7.77. The molecule has 0 unspecified atom stereocenters. The summed E-state index contributed by atoms with van der Waals surface area (Å²) in [4.78, 5) is 6.62. The van der Waals surface area contributed by atoms with E-state index in [0.717, 1.165) is 5.69 Å². The Morgan fingerprint density at radius 1 is 1.14 bits per heavy atom. The van der Waals surface area contributed by atoms with Crippen LogP contribution in [0.2, 0.25) is 0 Å². The lowest BCUT2D eigenvalue weighted by atomic mass is 10.1. The van der Waals surface area contributed by atoms with Gasteiger partial charge in [-0.25, -0.2) is 12.8 Å². The van der Waals surface area contributed by atoms with Gasteiger partial charge in [-0.1, -0.05) is 30.0 Å². The monoisotopic (exact) mass is 420 g/mol. The fourth-order valence-corrected chi connectivity index (χ4v) is 6.68. The van der Waals surface area contributed by atoms with Crippen molar-refractivity contribution in [2.75, 3.05) is 23.2 Å². The molecular weight excluding hydrogens is 403 g/mol. The van der Waals surface area contributed by atoms with E-state index < -0.39 is 9.84 Å². The van der Waals surface area contributed by atoms with Crippen LogP contribution in [0, 0.1) is 5.82 Å². The number of halogens is 1. The first-order chi connectivity index (χ1) is 13.5. The van der Waals surface area contributed by atoms with Crippen LogP contribution in [0.1, 0.15) is 5.56 Å². The van der Waals surface area contributed by atoms with Gasteiger partial charge in [0.2, 0.25) is 6.79 Å². The summed E-state index contributed by atoms with van der Waals surface area (Å²) in [6, 6.07) is 11.6. The lowest BCUT2D eigenvalue weighted by Gasteiger charge is -2.26. The van der Waals surface area contributed by atoms with Crippen LogP contribution in [-0.4, -0.2) is 44.0 Å². The fourth-order valence-electron chi connectivity index (χ4n) is 3.73. The quantitative estimate of drug-likeness (QED) is 0.761. The van der Waals surface area contributed by atoms with E-state index in [1.807, 2.05) is 23.1 Å². The van der Waals surface area contributed by atoms with Crippen LogP contribution in [0.4, 0.5) is 10.1 Å². The molecule has 0 spiro atoms. The molecule has 28 heavy (non-hydrogen) atoms. The van der Waals surface area contributed by atoms with E-state index in [0.29, 0.717) is 28.0 Å². The molecule has 9 heteroatoms. The smallest absolute Gasteiger partial charge is 0.231 e. The molecule has 0 radical (unpaired) electrons. The molecule has 2 aromatic carbocycles. The molecule has 0 aromatic heterocycles. The van der Waals surface area contributed by atoms with Crippen molar-refractivity contribution < 1.29 is 22.3 Å². The Hall–Kier alpha value is -2.26. The topological polar surface area (TPSA) is 68.2 Å². The van der Waals surface area contributed by atoms with Crippen LogP contribution in [-0.2, 0) is 15.6 Å². The average Bonchev–Trinajstić information content (AvgIpc) is 3.32. The summed E-state index contributed by atoms with van der Waals surface area (Å²) in [5, 5.41) is 0.701. The maximum atomic E-state index is 14.0. The van der Waals surface area contributed by atoms with Gasteiger partial charge in [0.05, 0.1) is 23.6 Å². The Bertz CT molecular complexity index is 1070. The second-order valence-corrected chi connectivity index (χ2v) is 10.0. The molecule has 2 atom stereocenters. The Morgan fingerprint density at radius 2 is 1.96 bits per heavy atom. The van der Waals surface area contributed by atoms with E-state index in [-0.39, 0.29) is 36.2 Å². The van der Waals surface area contributed by atoms with E-state index >= 15 is 0 Å². The molecule has 5 rings (SSSR count). The van der Waals surface area contributed by atoms with Crippen molar-refractivity contribution in [2.45, 2.75) is 17.8 Å². The zero-order valence-corrected chi connectivity index (χ0v) is 16.4. The van der Waals surface area contributed by atoms with E-state index in [2.05, 4.69) is 4.99 Å². The summed E-state index contributed by atoms with van der Waals surface area (Å²) in [6.07, 6.45) is 0. The van der Waals surface area contributed by atoms with E-state index in [1.165, 1.54) is 17.8 Å². The van der Waals surface area contributed by atoms with Crippen molar-refractivity contribution in [3.8, 4) is 11.5 Å². The lowest BCUT2D eigenvalue weighted by molar-refractivity contribution is 0.174.